The zero-order chi connectivity index (χ0) is 15.9. The predicted octanol–water partition coefficient (Wildman–Crippen LogP) is 1.59. The third-order valence-corrected chi connectivity index (χ3v) is 5.59. The summed E-state index contributed by atoms with van der Waals surface area (Å²) in [7, 11) is 1.43. The number of urea groups is 1. The van der Waals surface area contributed by atoms with Crippen LogP contribution in [0.15, 0.2) is 0 Å². The fraction of sp³-hybridized carbons (Fsp3) is 0.812. The van der Waals surface area contributed by atoms with Crippen LogP contribution < -0.4 is 10.6 Å². The van der Waals surface area contributed by atoms with Crippen LogP contribution in [0.5, 0.6) is 0 Å². The fourth-order valence-corrected chi connectivity index (χ4v) is 4.98. The number of imide groups is 1. The Bertz CT molecular complexity index is 467. The number of carbonyl (C=O) groups is 3. The van der Waals surface area contributed by atoms with E-state index >= 15 is 0 Å². The van der Waals surface area contributed by atoms with Crippen LogP contribution in [0.4, 0.5) is 4.79 Å². The number of esters is 1. The normalized spacial score (nSPS) is 36.5. The first-order chi connectivity index (χ1) is 10.4. The van der Waals surface area contributed by atoms with Crippen LogP contribution in [-0.2, 0) is 14.3 Å². The number of hydrogen-bond donors (Lipinski definition) is 2. The molecule has 0 aliphatic heterocycles. The van der Waals surface area contributed by atoms with Gasteiger partial charge in [-0.15, -0.1) is 0 Å². The van der Waals surface area contributed by atoms with Crippen molar-refractivity contribution in [1.29, 1.82) is 0 Å². The Morgan fingerprint density at radius 3 is 2.00 bits per heavy atom. The van der Waals surface area contributed by atoms with Crippen molar-refractivity contribution in [3.05, 3.63) is 0 Å². The van der Waals surface area contributed by atoms with E-state index in [1.54, 1.807) is 0 Å². The van der Waals surface area contributed by atoms with Crippen molar-refractivity contribution in [3.8, 4) is 0 Å². The highest BCUT2D eigenvalue weighted by molar-refractivity contribution is 5.97. The molecule has 0 aromatic heterocycles. The molecule has 4 aliphatic carbocycles. The van der Waals surface area contributed by atoms with E-state index in [1.807, 2.05) is 0 Å². The highest BCUT2D eigenvalue weighted by Crippen LogP contribution is 2.60. The first kappa shape index (κ1) is 15.3. The Morgan fingerprint density at radius 1 is 1.05 bits per heavy atom. The molecule has 4 aliphatic rings. The maximum absolute atomic E-state index is 12.7. The maximum Gasteiger partial charge on any atom is 0.321 e. The number of rotatable bonds is 3. The summed E-state index contributed by atoms with van der Waals surface area (Å²) in [6.45, 7) is 1.51. The Morgan fingerprint density at radius 2 is 1.55 bits per heavy atom. The van der Waals surface area contributed by atoms with Crippen LogP contribution in [-0.4, -0.2) is 31.1 Å². The molecule has 6 nitrogen and oxygen atoms in total. The summed E-state index contributed by atoms with van der Waals surface area (Å²) in [6, 6.07) is -0.595. The van der Waals surface area contributed by atoms with E-state index < -0.39 is 18.0 Å². The van der Waals surface area contributed by atoms with Crippen LogP contribution in [0.1, 0.15) is 45.4 Å². The van der Waals surface area contributed by atoms with Crippen LogP contribution >= 0.6 is 0 Å². The van der Waals surface area contributed by atoms with Gasteiger partial charge in [-0.3, -0.25) is 14.9 Å². The van der Waals surface area contributed by atoms with Gasteiger partial charge in [0.25, 0.3) is 5.91 Å². The Hall–Kier alpha value is -1.59. The molecule has 2 N–H and O–H groups in total. The monoisotopic (exact) mass is 308 g/mol. The van der Waals surface area contributed by atoms with Gasteiger partial charge in [0.1, 0.15) is 0 Å². The van der Waals surface area contributed by atoms with Gasteiger partial charge in [0.05, 0.1) is 5.41 Å². The molecule has 22 heavy (non-hydrogen) atoms. The lowest BCUT2D eigenvalue weighted by Gasteiger charge is -2.55. The van der Waals surface area contributed by atoms with E-state index in [4.69, 9.17) is 4.74 Å². The largest absolute Gasteiger partial charge is 0.452 e. The molecular weight excluding hydrogens is 284 g/mol. The quantitative estimate of drug-likeness (QED) is 0.775. The average molecular weight is 308 g/mol. The van der Waals surface area contributed by atoms with Gasteiger partial charge in [-0.05, 0) is 63.2 Å². The van der Waals surface area contributed by atoms with Gasteiger partial charge in [-0.1, -0.05) is 0 Å². The molecule has 1 atom stereocenters. The number of hydrogen-bond acceptors (Lipinski definition) is 4. The minimum Gasteiger partial charge on any atom is -0.452 e. The molecule has 122 valence electrons. The Balaban J connectivity index is 1.62. The summed E-state index contributed by atoms with van der Waals surface area (Å²) in [5.41, 5.74) is -0.379. The topological polar surface area (TPSA) is 84.5 Å². The van der Waals surface area contributed by atoms with Crippen LogP contribution in [0.3, 0.4) is 0 Å². The summed E-state index contributed by atoms with van der Waals surface area (Å²) < 4.78 is 5.41. The minimum atomic E-state index is -0.946. The van der Waals surface area contributed by atoms with Gasteiger partial charge in [0.15, 0.2) is 6.10 Å². The standard InChI is InChI=1S/C16H24N2O4/c1-9(13(19)18-15(21)17-2)22-14(20)16-6-10-3-11(7-16)5-12(4-10)8-16/h9-12H,3-8H2,1-2H3,(H2,17,18,19,21)/t9-,10?,11?,12?,16?/m1/s1. The molecule has 6 heteroatoms. The average Bonchev–Trinajstić information content (AvgIpc) is 2.45. The second-order valence-electron chi connectivity index (χ2n) is 7.31. The highest BCUT2D eigenvalue weighted by atomic mass is 16.5. The molecule has 4 saturated carbocycles. The van der Waals surface area contributed by atoms with Crippen LogP contribution in [0.2, 0.25) is 0 Å². The molecule has 0 aromatic rings. The van der Waals surface area contributed by atoms with E-state index in [0.717, 1.165) is 19.3 Å². The SMILES string of the molecule is CNC(=O)NC(=O)[C@@H](C)OC(=O)C12CC3CC(CC(C3)C1)C2. The van der Waals surface area contributed by atoms with Gasteiger partial charge in [0.2, 0.25) is 0 Å². The molecule has 0 aromatic carbocycles. The van der Waals surface area contributed by atoms with E-state index in [2.05, 4.69) is 10.6 Å². The number of amides is 3. The van der Waals surface area contributed by atoms with Crippen LogP contribution in [0.25, 0.3) is 0 Å². The lowest BCUT2D eigenvalue weighted by atomic mass is 9.49. The van der Waals surface area contributed by atoms with Crippen molar-refractivity contribution in [1.82, 2.24) is 10.6 Å². The summed E-state index contributed by atoms with van der Waals surface area (Å²) in [6.07, 6.45) is 5.51. The van der Waals surface area contributed by atoms with Gasteiger partial charge in [-0.25, -0.2) is 4.79 Å². The van der Waals surface area contributed by atoms with Crippen molar-refractivity contribution >= 4 is 17.9 Å². The molecule has 4 bridgehead atoms. The molecule has 0 spiro atoms. The third kappa shape index (κ3) is 2.71. The third-order valence-electron chi connectivity index (χ3n) is 5.59. The van der Waals surface area contributed by atoms with Gasteiger partial charge >= 0.3 is 12.0 Å². The summed E-state index contributed by atoms with van der Waals surface area (Å²) in [4.78, 5) is 35.6. The van der Waals surface area contributed by atoms with Crippen molar-refractivity contribution in [3.63, 3.8) is 0 Å². The lowest BCUT2D eigenvalue weighted by Crippen LogP contribution is -2.52. The van der Waals surface area contributed by atoms with E-state index in [1.165, 1.54) is 33.2 Å². The van der Waals surface area contributed by atoms with Crippen LogP contribution in [0, 0.1) is 23.2 Å². The zero-order valence-electron chi connectivity index (χ0n) is 13.2. The summed E-state index contributed by atoms with van der Waals surface area (Å²) in [5.74, 6) is 1.11. The Kier molecular flexibility index (Phi) is 3.87. The predicted molar refractivity (Wildman–Crippen MR) is 78.8 cm³/mol. The smallest absolute Gasteiger partial charge is 0.321 e. The molecule has 0 heterocycles. The fourth-order valence-electron chi connectivity index (χ4n) is 4.98. The number of carbonyl (C=O) groups excluding carboxylic acids is 3. The van der Waals surface area contributed by atoms with Gasteiger partial charge in [0, 0.05) is 7.05 Å². The highest BCUT2D eigenvalue weighted by Gasteiger charge is 2.55. The molecule has 0 saturated heterocycles. The summed E-state index contributed by atoms with van der Waals surface area (Å²) >= 11 is 0. The van der Waals surface area contributed by atoms with Crippen molar-refractivity contribution in [2.45, 2.75) is 51.6 Å². The van der Waals surface area contributed by atoms with Crippen molar-refractivity contribution in [2.75, 3.05) is 7.05 Å². The van der Waals surface area contributed by atoms with E-state index in [9.17, 15) is 14.4 Å². The molecule has 4 rings (SSSR count). The zero-order valence-corrected chi connectivity index (χ0v) is 13.2. The first-order valence-electron chi connectivity index (χ1n) is 8.15. The van der Waals surface area contributed by atoms with Gasteiger partial charge in [-0.2, -0.15) is 0 Å². The molecular formula is C16H24N2O4. The maximum atomic E-state index is 12.7. The van der Waals surface area contributed by atoms with Gasteiger partial charge < -0.3 is 10.1 Å². The number of ether oxygens (including phenoxy) is 1. The van der Waals surface area contributed by atoms with Crippen molar-refractivity contribution in [2.24, 2.45) is 23.2 Å². The minimum absolute atomic E-state index is 0.244. The molecule has 0 unspecified atom stereocenters. The number of nitrogens with one attached hydrogen (secondary N) is 2. The van der Waals surface area contributed by atoms with E-state index in [0.29, 0.717) is 17.8 Å². The second kappa shape index (κ2) is 5.56. The molecule has 3 amide bonds. The van der Waals surface area contributed by atoms with Crippen molar-refractivity contribution < 1.29 is 19.1 Å². The Labute approximate surface area is 130 Å². The summed E-state index contributed by atoms with van der Waals surface area (Å²) in [5, 5.41) is 4.44. The first-order valence-corrected chi connectivity index (χ1v) is 8.15. The lowest BCUT2D eigenvalue weighted by molar-refractivity contribution is -0.178. The van der Waals surface area contributed by atoms with E-state index in [-0.39, 0.29) is 11.4 Å². The second-order valence-corrected chi connectivity index (χ2v) is 7.31. The molecule has 0 radical (unpaired) electrons. The molecule has 4 fully saturated rings.